The Labute approximate surface area is 196 Å². The largest absolute Gasteiger partial charge is 0.389 e. The number of nitrogen functional groups attached to an aromatic ring is 1. The second-order valence-electron chi connectivity index (χ2n) is 8.09. The van der Waals surface area contributed by atoms with E-state index in [-0.39, 0.29) is 35.6 Å². The van der Waals surface area contributed by atoms with Crippen molar-refractivity contribution in [2.45, 2.75) is 31.4 Å². The van der Waals surface area contributed by atoms with E-state index in [0.717, 1.165) is 0 Å². The van der Waals surface area contributed by atoms with Gasteiger partial charge in [-0.2, -0.15) is 32.9 Å². The van der Waals surface area contributed by atoms with E-state index in [4.69, 9.17) is 17.3 Å². The third kappa shape index (κ3) is 3.52. The summed E-state index contributed by atoms with van der Waals surface area (Å²) in [4.78, 5) is 25.9. The minimum Gasteiger partial charge on any atom is -0.383 e. The van der Waals surface area contributed by atoms with Gasteiger partial charge in [-0.15, -0.1) is 0 Å². The van der Waals surface area contributed by atoms with Crippen molar-refractivity contribution in [3.05, 3.63) is 64.6 Å². The molecule has 1 amide bonds. The third-order valence-corrected chi connectivity index (χ3v) is 6.14. The van der Waals surface area contributed by atoms with Crippen molar-refractivity contribution in [3.63, 3.8) is 0 Å². The van der Waals surface area contributed by atoms with Gasteiger partial charge in [-0.3, -0.25) is 9.78 Å². The van der Waals surface area contributed by atoms with Crippen molar-refractivity contribution in [2.24, 2.45) is 0 Å². The van der Waals surface area contributed by atoms with Crippen LogP contribution in [0.1, 0.15) is 30.2 Å². The highest BCUT2D eigenvalue weighted by molar-refractivity contribution is 6.31. The Balaban J connectivity index is 1.65. The number of carbonyl (C=O) groups is 1. The quantitative estimate of drug-likeness (QED) is 0.446. The average molecular weight is 488 g/mol. The molecule has 1 unspecified atom stereocenters. The van der Waals surface area contributed by atoms with Crippen LogP contribution in [0.15, 0.2) is 42.7 Å². The van der Waals surface area contributed by atoms with E-state index < -0.39 is 18.0 Å². The Hall–Kier alpha value is -3.73. The van der Waals surface area contributed by atoms with Crippen LogP contribution < -0.4 is 11.1 Å². The predicted molar refractivity (Wildman–Crippen MR) is 120 cm³/mol. The molecule has 34 heavy (non-hydrogen) atoms. The Morgan fingerprint density at radius 1 is 1.24 bits per heavy atom. The summed E-state index contributed by atoms with van der Waals surface area (Å²) in [6.07, 6.45) is -2.57. The first-order valence-electron chi connectivity index (χ1n) is 10.2. The van der Waals surface area contributed by atoms with Crippen molar-refractivity contribution in [1.29, 1.82) is 0 Å². The summed E-state index contributed by atoms with van der Waals surface area (Å²) in [5, 5.41) is 7.88. The highest BCUT2D eigenvalue weighted by atomic mass is 35.5. The minimum atomic E-state index is -4.34. The van der Waals surface area contributed by atoms with Crippen LogP contribution in [0.2, 0.25) is 5.02 Å². The monoisotopic (exact) mass is 487 g/mol. The average Bonchev–Trinajstić information content (AvgIpc) is 3.27. The van der Waals surface area contributed by atoms with Crippen LogP contribution in [0.3, 0.4) is 0 Å². The minimum absolute atomic E-state index is 0.0116. The summed E-state index contributed by atoms with van der Waals surface area (Å²) in [5.74, 6) is -0.0957. The zero-order chi connectivity index (χ0) is 24.3. The predicted octanol–water partition coefficient (Wildman–Crippen LogP) is 4.20. The second-order valence-corrected chi connectivity index (χ2v) is 8.52. The van der Waals surface area contributed by atoms with Crippen molar-refractivity contribution in [3.8, 4) is 5.95 Å². The Kier molecular flexibility index (Phi) is 4.97. The maximum atomic E-state index is 13.0. The number of halogens is 4. The number of alkyl halides is 3. The molecule has 0 saturated heterocycles. The zero-order valence-corrected chi connectivity index (χ0v) is 18.4. The lowest BCUT2D eigenvalue weighted by atomic mass is 9.78. The van der Waals surface area contributed by atoms with E-state index in [9.17, 15) is 18.0 Å². The zero-order valence-electron chi connectivity index (χ0n) is 17.7. The summed E-state index contributed by atoms with van der Waals surface area (Å²) in [6, 6.07) is 8.22. The summed E-state index contributed by atoms with van der Waals surface area (Å²) < 4.78 is 39.9. The lowest BCUT2D eigenvalue weighted by Gasteiger charge is -2.22. The molecular formula is C22H17ClF3N7O. The number of anilines is 2. The van der Waals surface area contributed by atoms with E-state index in [2.05, 4.69) is 25.4 Å². The summed E-state index contributed by atoms with van der Waals surface area (Å²) in [7, 11) is 0. The summed E-state index contributed by atoms with van der Waals surface area (Å²) >= 11 is 6.08. The lowest BCUT2D eigenvalue weighted by molar-refractivity contribution is -0.134. The van der Waals surface area contributed by atoms with E-state index in [1.54, 1.807) is 49.6 Å². The molecule has 0 saturated carbocycles. The number of nitrogens with zero attached hydrogens (tertiary/aromatic N) is 5. The van der Waals surface area contributed by atoms with Gasteiger partial charge in [0.25, 0.3) is 5.95 Å². The number of benzene rings is 1. The number of carbonyl (C=O) groups excluding carboxylic acids is 1. The fourth-order valence-corrected chi connectivity index (χ4v) is 4.35. The molecule has 0 aliphatic carbocycles. The van der Waals surface area contributed by atoms with Crippen LogP contribution in [0.5, 0.6) is 0 Å². The van der Waals surface area contributed by atoms with Gasteiger partial charge in [-0.1, -0.05) is 17.7 Å². The molecule has 5 rings (SSSR count). The second kappa shape index (κ2) is 7.66. The number of fused-ring (bicyclic) bond motifs is 2. The van der Waals surface area contributed by atoms with Crippen LogP contribution in [0, 0.1) is 0 Å². The number of pyridine rings is 1. The number of nitrogens with two attached hydrogens (primary N) is 1. The summed E-state index contributed by atoms with van der Waals surface area (Å²) in [6.45, 7) is 1.70. The molecule has 1 atom stereocenters. The van der Waals surface area contributed by atoms with Gasteiger partial charge in [0.05, 0.1) is 16.8 Å². The highest BCUT2D eigenvalue weighted by Gasteiger charge is 2.47. The molecule has 1 aliphatic heterocycles. The van der Waals surface area contributed by atoms with Crippen molar-refractivity contribution < 1.29 is 18.0 Å². The van der Waals surface area contributed by atoms with Gasteiger partial charge in [0.1, 0.15) is 17.1 Å². The smallest absolute Gasteiger partial charge is 0.383 e. The van der Waals surface area contributed by atoms with Gasteiger partial charge >= 0.3 is 6.18 Å². The fraction of sp³-hybridized carbons (Fsp3) is 0.227. The number of amides is 1. The molecular weight excluding hydrogens is 471 g/mol. The molecule has 1 aromatic carbocycles. The molecule has 3 N–H and O–H groups in total. The van der Waals surface area contributed by atoms with Crippen molar-refractivity contribution in [2.75, 3.05) is 11.1 Å². The SMILES string of the molecule is CC1(c2cccnc2)C(=O)Nc2nc(-n3nc(CCC(F)(F)F)c4cc(Cl)ccc43)nc(N)c21. The van der Waals surface area contributed by atoms with Gasteiger partial charge in [0, 0.05) is 35.6 Å². The highest BCUT2D eigenvalue weighted by Crippen LogP contribution is 2.44. The number of nitrogens with one attached hydrogen (secondary N) is 1. The van der Waals surface area contributed by atoms with Crippen LogP contribution in [-0.2, 0) is 16.6 Å². The van der Waals surface area contributed by atoms with Crippen LogP contribution in [0.25, 0.3) is 16.9 Å². The number of rotatable bonds is 4. The fourth-order valence-electron chi connectivity index (χ4n) is 4.17. The number of aromatic nitrogens is 5. The Morgan fingerprint density at radius 3 is 2.74 bits per heavy atom. The molecule has 1 aliphatic rings. The first-order valence-corrected chi connectivity index (χ1v) is 10.6. The maximum Gasteiger partial charge on any atom is 0.389 e. The van der Waals surface area contributed by atoms with Gasteiger partial charge in [-0.05, 0) is 36.8 Å². The summed E-state index contributed by atoms with van der Waals surface area (Å²) in [5.41, 5.74) is 6.80. The van der Waals surface area contributed by atoms with E-state index in [1.807, 2.05) is 0 Å². The molecule has 12 heteroatoms. The van der Waals surface area contributed by atoms with Crippen molar-refractivity contribution in [1.82, 2.24) is 24.7 Å². The van der Waals surface area contributed by atoms with Gasteiger partial charge < -0.3 is 11.1 Å². The molecule has 4 aromatic rings. The third-order valence-electron chi connectivity index (χ3n) is 5.90. The molecule has 0 bridgehead atoms. The first kappa shape index (κ1) is 22.1. The lowest BCUT2D eigenvalue weighted by Crippen LogP contribution is -2.33. The number of hydrogen-bond donors (Lipinski definition) is 2. The Bertz CT molecular complexity index is 1440. The topological polar surface area (TPSA) is 112 Å². The van der Waals surface area contributed by atoms with E-state index in [0.29, 0.717) is 27.1 Å². The maximum absolute atomic E-state index is 13.0. The molecule has 3 aromatic heterocycles. The van der Waals surface area contributed by atoms with Crippen LogP contribution in [-0.4, -0.2) is 36.8 Å². The standard InChI is InChI=1S/C22H17ClF3N7O/c1-21(11-3-2-8-28-10-11)16-17(27)29-20(31-18(16)30-19(21)34)33-15-5-4-12(23)9-13(15)14(32-33)6-7-22(24,25)26/h2-5,8-10H,6-7H2,1H3,(H3,27,29,30,31,34). The number of aryl methyl sites for hydroxylation is 1. The molecule has 174 valence electrons. The molecule has 8 nitrogen and oxygen atoms in total. The van der Waals surface area contributed by atoms with Crippen molar-refractivity contribution >= 4 is 40.0 Å². The van der Waals surface area contributed by atoms with E-state index >= 15 is 0 Å². The van der Waals surface area contributed by atoms with Gasteiger partial charge in [0.2, 0.25) is 5.91 Å². The van der Waals surface area contributed by atoms with E-state index in [1.165, 1.54) is 4.68 Å². The van der Waals surface area contributed by atoms with Crippen LogP contribution in [0.4, 0.5) is 24.8 Å². The molecule has 0 radical (unpaired) electrons. The molecule has 0 spiro atoms. The normalized spacial score (nSPS) is 17.7. The Morgan fingerprint density at radius 2 is 2.03 bits per heavy atom. The molecule has 4 heterocycles. The molecule has 0 fully saturated rings. The van der Waals surface area contributed by atoms with Gasteiger partial charge in [0.15, 0.2) is 0 Å². The van der Waals surface area contributed by atoms with Crippen LogP contribution >= 0.6 is 11.6 Å². The number of hydrogen-bond acceptors (Lipinski definition) is 6. The van der Waals surface area contributed by atoms with Gasteiger partial charge in [-0.25, -0.2) is 0 Å². The first-order chi connectivity index (χ1) is 16.1.